The summed E-state index contributed by atoms with van der Waals surface area (Å²) in [5.41, 5.74) is 5.28. The van der Waals surface area contributed by atoms with Crippen LogP contribution in [0.4, 0.5) is 12.0 Å². The van der Waals surface area contributed by atoms with E-state index in [1.807, 2.05) is 0 Å². The fourth-order valence-corrected chi connectivity index (χ4v) is 0.979. The number of methoxy groups -OCH3 is 1. The molecule has 0 spiro atoms. The zero-order valence-electron chi connectivity index (χ0n) is 8.01. The van der Waals surface area contributed by atoms with Gasteiger partial charge in [-0.05, 0) is 0 Å². The fourth-order valence-electron chi connectivity index (χ4n) is 0.979. The van der Waals surface area contributed by atoms with Crippen molar-refractivity contribution in [2.24, 2.45) is 0 Å². The first-order valence-electron chi connectivity index (χ1n) is 4.21. The van der Waals surface area contributed by atoms with E-state index in [2.05, 4.69) is 10.2 Å². The van der Waals surface area contributed by atoms with Gasteiger partial charge in [0.15, 0.2) is 0 Å². The van der Waals surface area contributed by atoms with Crippen LogP contribution in [0.15, 0.2) is 4.42 Å². The molecule has 14 heavy (non-hydrogen) atoms. The SMILES string of the molecule is COCCN(CCO)c1nnc(N)o1. The average Bonchev–Trinajstić information content (AvgIpc) is 2.59. The van der Waals surface area contributed by atoms with Gasteiger partial charge in [0.2, 0.25) is 0 Å². The third-order valence-corrected chi connectivity index (χ3v) is 1.64. The Morgan fingerprint density at radius 1 is 1.50 bits per heavy atom. The van der Waals surface area contributed by atoms with Crippen molar-refractivity contribution in [3.63, 3.8) is 0 Å². The van der Waals surface area contributed by atoms with Gasteiger partial charge in [0.25, 0.3) is 0 Å². The van der Waals surface area contributed by atoms with Gasteiger partial charge in [-0.2, -0.15) is 0 Å². The van der Waals surface area contributed by atoms with Crippen LogP contribution in [0, 0.1) is 0 Å². The van der Waals surface area contributed by atoms with E-state index in [4.69, 9.17) is 20.0 Å². The Kier molecular flexibility index (Phi) is 4.14. The molecule has 1 aromatic heterocycles. The molecule has 0 amide bonds. The lowest BCUT2D eigenvalue weighted by atomic mass is 10.5. The highest BCUT2D eigenvalue weighted by atomic mass is 16.5. The number of rotatable bonds is 6. The Labute approximate surface area is 81.5 Å². The highest BCUT2D eigenvalue weighted by molar-refractivity contribution is 5.27. The second kappa shape index (κ2) is 5.40. The molecule has 0 saturated carbocycles. The molecular weight excluding hydrogens is 188 g/mol. The zero-order valence-corrected chi connectivity index (χ0v) is 8.01. The van der Waals surface area contributed by atoms with Crippen molar-refractivity contribution in [1.82, 2.24) is 10.2 Å². The first-order valence-corrected chi connectivity index (χ1v) is 4.21. The summed E-state index contributed by atoms with van der Waals surface area (Å²) in [5.74, 6) is 0. The molecule has 7 heteroatoms. The Hall–Kier alpha value is -1.34. The van der Waals surface area contributed by atoms with Crippen molar-refractivity contribution < 1.29 is 14.3 Å². The fraction of sp³-hybridized carbons (Fsp3) is 0.714. The number of ether oxygens (including phenoxy) is 1. The van der Waals surface area contributed by atoms with Crippen molar-refractivity contribution in [2.75, 3.05) is 44.0 Å². The van der Waals surface area contributed by atoms with Gasteiger partial charge in [-0.1, -0.05) is 10.2 Å². The predicted octanol–water partition coefficient (Wildman–Crippen LogP) is -0.903. The molecule has 0 saturated heterocycles. The summed E-state index contributed by atoms with van der Waals surface area (Å²) in [4.78, 5) is 1.70. The minimum absolute atomic E-state index is 0.00595. The smallest absolute Gasteiger partial charge is 0.319 e. The number of anilines is 2. The molecule has 0 bridgehead atoms. The van der Waals surface area contributed by atoms with Crippen molar-refractivity contribution in [2.45, 2.75) is 0 Å². The minimum Gasteiger partial charge on any atom is -0.395 e. The van der Waals surface area contributed by atoms with E-state index in [0.29, 0.717) is 25.7 Å². The monoisotopic (exact) mass is 202 g/mol. The first kappa shape index (κ1) is 10.7. The van der Waals surface area contributed by atoms with Crippen LogP contribution in [0.3, 0.4) is 0 Å². The molecule has 0 aliphatic rings. The number of nitrogens with two attached hydrogens (primary N) is 1. The van der Waals surface area contributed by atoms with Gasteiger partial charge < -0.3 is 24.9 Å². The number of hydrogen-bond donors (Lipinski definition) is 2. The van der Waals surface area contributed by atoms with Crippen molar-refractivity contribution in [3.05, 3.63) is 0 Å². The van der Waals surface area contributed by atoms with Crippen molar-refractivity contribution >= 4 is 12.0 Å². The molecule has 0 aliphatic carbocycles. The highest BCUT2D eigenvalue weighted by Crippen LogP contribution is 2.12. The van der Waals surface area contributed by atoms with Gasteiger partial charge in [0.05, 0.1) is 13.2 Å². The van der Waals surface area contributed by atoms with Crippen LogP contribution >= 0.6 is 0 Å². The molecule has 7 nitrogen and oxygen atoms in total. The maximum atomic E-state index is 8.80. The number of aliphatic hydroxyl groups excluding tert-OH is 1. The van der Waals surface area contributed by atoms with Crippen LogP contribution in [0.1, 0.15) is 0 Å². The molecule has 80 valence electrons. The molecule has 1 aromatic rings. The van der Waals surface area contributed by atoms with E-state index in [-0.39, 0.29) is 12.6 Å². The quantitative estimate of drug-likeness (QED) is 0.616. The molecule has 3 N–H and O–H groups in total. The number of aliphatic hydroxyl groups is 1. The molecule has 0 atom stereocenters. The lowest BCUT2D eigenvalue weighted by molar-refractivity contribution is 0.201. The lowest BCUT2D eigenvalue weighted by Gasteiger charge is -2.17. The number of hydrogen-bond acceptors (Lipinski definition) is 7. The molecular formula is C7H14N4O3. The summed E-state index contributed by atoms with van der Waals surface area (Å²) in [6.45, 7) is 1.50. The second-order valence-electron chi connectivity index (χ2n) is 2.63. The Bertz CT molecular complexity index is 265. The van der Waals surface area contributed by atoms with Gasteiger partial charge in [0, 0.05) is 20.2 Å². The number of nitrogens with zero attached hydrogens (tertiary/aromatic N) is 3. The molecule has 0 radical (unpaired) electrons. The minimum atomic E-state index is 0.00595. The predicted molar refractivity (Wildman–Crippen MR) is 49.9 cm³/mol. The molecule has 0 aliphatic heterocycles. The summed E-state index contributed by atoms with van der Waals surface area (Å²) in [7, 11) is 1.60. The Morgan fingerprint density at radius 2 is 2.29 bits per heavy atom. The summed E-state index contributed by atoms with van der Waals surface area (Å²) >= 11 is 0. The molecule has 1 rings (SSSR count). The van der Waals surface area contributed by atoms with Gasteiger partial charge in [-0.15, -0.1) is 0 Å². The van der Waals surface area contributed by atoms with Crippen molar-refractivity contribution in [3.8, 4) is 0 Å². The van der Waals surface area contributed by atoms with Crippen LogP contribution in [-0.4, -0.2) is 48.7 Å². The van der Waals surface area contributed by atoms with E-state index in [1.165, 1.54) is 0 Å². The van der Waals surface area contributed by atoms with Gasteiger partial charge in [-0.25, -0.2) is 0 Å². The largest absolute Gasteiger partial charge is 0.395 e. The first-order chi connectivity index (χ1) is 6.77. The van der Waals surface area contributed by atoms with Crippen LogP contribution in [0.25, 0.3) is 0 Å². The van der Waals surface area contributed by atoms with E-state index in [1.54, 1.807) is 12.0 Å². The van der Waals surface area contributed by atoms with Crippen LogP contribution < -0.4 is 10.6 Å². The third-order valence-electron chi connectivity index (χ3n) is 1.64. The lowest BCUT2D eigenvalue weighted by Crippen LogP contribution is -2.30. The standard InChI is InChI=1S/C7H14N4O3/c1-13-5-3-11(2-4-12)7-10-9-6(8)14-7/h12H,2-5H2,1H3,(H2,8,9). The van der Waals surface area contributed by atoms with Crippen molar-refractivity contribution in [1.29, 1.82) is 0 Å². The summed E-state index contributed by atoms with van der Waals surface area (Å²) in [6.07, 6.45) is 0. The highest BCUT2D eigenvalue weighted by Gasteiger charge is 2.12. The van der Waals surface area contributed by atoms with E-state index in [0.717, 1.165) is 0 Å². The normalized spacial score (nSPS) is 10.4. The van der Waals surface area contributed by atoms with Gasteiger partial charge in [-0.3, -0.25) is 0 Å². The molecule has 1 heterocycles. The Morgan fingerprint density at radius 3 is 2.79 bits per heavy atom. The summed E-state index contributed by atoms with van der Waals surface area (Å²) in [6, 6.07) is 0.314. The molecule has 0 unspecified atom stereocenters. The number of aromatic nitrogens is 2. The van der Waals surface area contributed by atoms with Gasteiger partial charge >= 0.3 is 12.0 Å². The maximum absolute atomic E-state index is 8.80. The van der Waals surface area contributed by atoms with Crippen LogP contribution in [0.2, 0.25) is 0 Å². The van der Waals surface area contributed by atoms with Crippen LogP contribution in [-0.2, 0) is 4.74 Å². The van der Waals surface area contributed by atoms with E-state index >= 15 is 0 Å². The Balaban J connectivity index is 2.57. The summed E-state index contributed by atoms with van der Waals surface area (Å²) in [5, 5.41) is 16.0. The molecule has 0 aromatic carbocycles. The molecule has 0 fully saturated rings. The van der Waals surface area contributed by atoms with Crippen LogP contribution in [0.5, 0.6) is 0 Å². The summed E-state index contributed by atoms with van der Waals surface area (Å²) < 4.78 is 9.91. The number of nitrogen functional groups attached to an aromatic ring is 1. The zero-order chi connectivity index (χ0) is 10.4. The third kappa shape index (κ3) is 2.86. The topological polar surface area (TPSA) is 97.6 Å². The van der Waals surface area contributed by atoms with E-state index in [9.17, 15) is 0 Å². The average molecular weight is 202 g/mol. The second-order valence-corrected chi connectivity index (χ2v) is 2.63. The maximum Gasteiger partial charge on any atom is 0.319 e. The van der Waals surface area contributed by atoms with Gasteiger partial charge in [0.1, 0.15) is 0 Å². The van der Waals surface area contributed by atoms with E-state index < -0.39 is 0 Å².